The average molecular weight is 282 g/mol. The normalized spacial score (nSPS) is 48.7. The van der Waals surface area contributed by atoms with Crippen molar-refractivity contribution >= 4 is 21.5 Å². The van der Waals surface area contributed by atoms with Crippen LogP contribution in [-0.2, 0) is 14.3 Å². The van der Waals surface area contributed by atoms with Crippen molar-refractivity contribution in [2.45, 2.75) is 68.0 Å². The predicted molar refractivity (Wildman–Crippen MR) is 80.6 cm³/mol. The summed E-state index contributed by atoms with van der Waals surface area (Å²) < 4.78 is 11.5. The Bertz CT molecular complexity index is 478. The van der Waals surface area contributed by atoms with E-state index < -0.39 is 11.6 Å². The van der Waals surface area contributed by atoms with E-state index in [2.05, 4.69) is 6.08 Å². The summed E-state index contributed by atoms with van der Waals surface area (Å²) >= 11 is 0. The first-order chi connectivity index (χ1) is 10.1. The number of carbonyl (C=O) groups excluding carboxylic acids is 1. The molecule has 5 unspecified atom stereocenters. The van der Waals surface area contributed by atoms with Gasteiger partial charge < -0.3 is 14.3 Å². The molecule has 0 bridgehead atoms. The monoisotopic (exact) mass is 282 g/mol. The zero-order chi connectivity index (χ0) is 14.6. The van der Waals surface area contributed by atoms with Crippen molar-refractivity contribution in [1.82, 2.24) is 0 Å². The minimum absolute atomic E-state index is 0.0169. The predicted octanol–water partition coefficient (Wildman–Crippen LogP) is 1.92. The zero-order valence-corrected chi connectivity index (χ0v) is 12.3. The summed E-state index contributed by atoms with van der Waals surface area (Å²) in [5.74, 6) is -1.07. The van der Waals surface area contributed by atoms with Gasteiger partial charge in [0.05, 0.1) is 40.1 Å². The molecule has 5 heteroatoms. The Hall–Kier alpha value is -0.540. The Morgan fingerprint density at radius 2 is 2.00 bits per heavy atom. The maximum absolute atomic E-state index is 12.1. The number of epoxide rings is 2. The van der Waals surface area contributed by atoms with Gasteiger partial charge in [-0.25, -0.2) is 0 Å². The van der Waals surface area contributed by atoms with Gasteiger partial charge in [0.2, 0.25) is 0 Å². The van der Waals surface area contributed by atoms with Crippen LogP contribution in [0.2, 0.25) is 11.6 Å². The van der Waals surface area contributed by atoms with E-state index in [1.807, 2.05) is 0 Å². The summed E-state index contributed by atoms with van der Waals surface area (Å²) in [6, 6.07) is 0. The van der Waals surface area contributed by atoms with E-state index in [-0.39, 0.29) is 29.5 Å². The highest BCUT2D eigenvalue weighted by Gasteiger charge is 2.65. The lowest BCUT2D eigenvalue weighted by atomic mass is 9.54. The summed E-state index contributed by atoms with van der Waals surface area (Å²) in [6.07, 6.45) is 9.25. The van der Waals surface area contributed by atoms with Crippen molar-refractivity contribution in [3.05, 3.63) is 11.6 Å². The molecule has 0 amide bonds. The molecule has 0 N–H and O–H groups in total. The van der Waals surface area contributed by atoms with Crippen molar-refractivity contribution in [1.29, 1.82) is 0 Å². The molecule has 4 radical (unpaired) electrons. The van der Waals surface area contributed by atoms with E-state index in [1.165, 1.54) is 25.7 Å². The fourth-order valence-electron chi connectivity index (χ4n) is 4.25. The number of Topliss-reactive ketones (excluding diaryl/α,β-unsaturated/α-hetero) is 1. The summed E-state index contributed by atoms with van der Waals surface area (Å²) in [6.45, 7) is 0.667. The van der Waals surface area contributed by atoms with Crippen LogP contribution in [0.5, 0.6) is 0 Å². The first-order valence-electron chi connectivity index (χ1n) is 8.13. The lowest BCUT2D eigenvalue weighted by Gasteiger charge is -2.36. The van der Waals surface area contributed by atoms with Gasteiger partial charge >= 0.3 is 0 Å². The number of hydrogen-bond acceptors (Lipinski definition) is 3. The van der Waals surface area contributed by atoms with Crippen LogP contribution in [0.3, 0.4) is 0 Å². The molecule has 2 aliphatic heterocycles. The van der Waals surface area contributed by atoms with E-state index in [0.717, 1.165) is 6.42 Å². The van der Waals surface area contributed by atoms with Crippen LogP contribution in [0, 0.1) is 5.92 Å². The molecule has 108 valence electrons. The van der Waals surface area contributed by atoms with Crippen molar-refractivity contribution in [3.8, 4) is 0 Å². The first-order valence-corrected chi connectivity index (χ1v) is 8.13. The van der Waals surface area contributed by atoms with Gasteiger partial charge in [-0.05, 0) is 50.2 Å². The third kappa shape index (κ3) is 2.43. The van der Waals surface area contributed by atoms with Gasteiger partial charge in [0.1, 0.15) is 5.78 Å². The molecule has 2 saturated heterocycles. The Labute approximate surface area is 128 Å². The molecular weight excluding hydrogens is 262 g/mol. The van der Waals surface area contributed by atoms with Gasteiger partial charge in [-0.1, -0.05) is 11.6 Å². The fraction of sp³-hybridized carbons (Fsp3) is 0.812. The molecule has 4 rings (SSSR count). The van der Waals surface area contributed by atoms with Crippen molar-refractivity contribution in [3.63, 3.8) is 0 Å². The third-order valence-corrected chi connectivity index (χ3v) is 5.63. The van der Waals surface area contributed by atoms with E-state index >= 15 is 0 Å². The molecule has 2 saturated carbocycles. The van der Waals surface area contributed by atoms with Gasteiger partial charge in [-0.3, -0.25) is 0 Å². The second-order valence-electron chi connectivity index (χ2n) is 7.06. The standard InChI is InChI=1S/C16H20B2O3/c17-10-7-16(8-20-16)12(13(18)14(10)19)15-11(21-15)6-5-9-3-1-2-4-9/h5,10-13,15H,1-4,6-8H2/t10?,11?,12?,13?,15?,16-/m0/s1. The Morgan fingerprint density at radius 3 is 2.67 bits per heavy atom. The molecule has 0 aromatic carbocycles. The highest BCUT2D eigenvalue weighted by atomic mass is 16.6. The Balaban J connectivity index is 1.42. The van der Waals surface area contributed by atoms with Crippen LogP contribution >= 0.6 is 0 Å². The molecule has 6 atom stereocenters. The summed E-state index contributed by atoms with van der Waals surface area (Å²) in [7, 11) is 12.0. The van der Waals surface area contributed by atoms with Crippen LogP contribution in [-0.4, -0.2) is 45.9 Å². The number of allylic oxidation sites excluding steroid dienone is 1. The van der Waals surface area contributed by atoms with E-state index in [1.54, 1.807) is 5.57 Å². The summed E-state index contributed by atoms with van der Waals surface area (Å²) in [5, 5.41) is 0. The molecule has 4 aliphatic rings. The lowest BCUT2D eigenvalue weighted by Crippen LogP contribution is -2.44. The smallest absolute Gasteiger partial charge is 0.122 e. The van der Waals surface area contributed by atoms with Crippen LogP contribution in [0.25, 0.3) is 0 Å². The van der Waals surface area contributed by atoms with E-state index in [0.29, 0.717) is 13.0 Å². The summed E-state index contributed by atoms with van der Waals surface area (Å²) in [5.41, 5.74) is 1.28. The molecule has 1 spiro atoms. The SMILES string of the molecule is [B]C1C[C@]2(CO2)C(C2OC2CC=C2CCCC2)C([B])C1=O. The minimum Gasteiger partial charge on any atom is -0.369 e. The number of hydrogen-bond donors (Lipinski definition) is 0. The minimum atomic E-state index is -0.537. The van der Waals surface area contributed by atoms with Gasteiger partial charge in [0, 0.05) is 5.92 Å². The van der Waals surface area contributed by atoms with Crippen LogP contribution in [0.4, 0.5) is 0 Å². The van der Waals surface area contributed by atoms with Crippen molar-refractivity contribution in [2.75, 3.05) is 6.61 Å². The highest BCUT2D eigenvalue weighted by Crippen LogP contribution is 2.57. The molecule has 0 aromatic heterocycles. The largest absolute Gasteiger partial charge is 0.369 e. The quantitative estimate of drug-likeness (QED) is 0.451. The van der Waals surface area contributed by atoms with E-state index in [9.17, 15) is 4.79 Å². The highest BCUT2D eigenvalue weighted by molar-refractivity contribution is 6.34. The van der Waals surface area contributed by atoms with Gasteiger partial charge in [0.15, 0.2) is 0 Å². The second kappa shape index (κ2) is 4.99. The summed E-state index contributed by atoms with van der Waals surface area (Å²) in [4.78, 5) is 12.1. The number of carbonyl (C=O) groups is 1. The van der Waals surface area contributed by atoms with Crippen molar-refractivity contribution < 1.29 is 14.3 Å². The van der Waals surface area contributed by atoms with Gasteiger partial charge in [-0.15, -0.1) is 0 Å². The second-order valence-corrected chi connectivity index (χ2v) is 7.06. The fourth-order valence-corrected chi connectivity index (χ4v) is 4.25. The average Bonchev–Trinajstić information content (AvgIpc) is 3.35. The first kappa shape index (κ1) is 14.1. The van der Waals surface area contributed by atoms with Crippen molar-refractivity contribution in [2.24, 2.45) is 5.92 Å². The molecular formula is C16H20B2O3. The number of ketones is 1. The maximum Gasteiger partial charge on any atom is 0.122 e. The number of ether oxygens (including phenoxy) is 2. The van der Waals surface area contributed by atoms with Gasteiger partial charge in [-0.2, -0.15) is 0 Å². The van der Waals surface area contributed by atoms with Gasteiger partial charge in [0.25, 0.3) is 0 Å². The lowest BCUT2D eigenvalue weighted by molar-refractivity contribution is -0.123. The maximum atomic E-state index is 12.1. The molecule has 0 aromatic rings. The molecule has 3 nitrogen and oxygen atoms in total. The third-order valence-electron chi connectivity index (χ3n) is 5.63. The number of rotatable bonds is 3. The van der Waals surface area contributed by atoms with Crippen LogP contribution in [0.15, 0.2) is 11.6 Å². The topological polar surface area (TPSA) is 42.1 Å². The molecule has 2 heterocycles. The Morgan fingerprint density at radius 1 is 1.29 bits per heavy atom. The molecule has 4 fully saturated rings. The molecule has 21 heavy (non-hydrogen) atoms. The zero-order valence-electron chi connectivity index (χ0n) is 12.3. The molecule has 2 aliphatic carbocycles. The Kier molecular flexibility index (Phi) is 3.34. The van der Waals surface area contributed by atoms with Crippen LogP contribution in [0.1, 0.15) is 38.5 Å². The van der Waals surface area contributed by atoms with E-state index in [4.69, 9.17) is 25.2 Å². The van der Waals surface area contributed by atoms with Crippen LogP contribution < -0.4 is 0 Å².